The normalized spacial score (nSPS) is 10.9. The highest BCUT2D eigenvalue weighted by atomic mass is 35.5. The molecule has 0 aliphatic carbocycles. The Kier molecular flexibility index (Phi) is 9.76. The number of aromatic nitrogens is 9. The van der Waals surface area contributed by atoms with Gasteiger partial charge in [-0.05, 0) is 72.9 Å². The number of halogens is 2. The number of anilines is 2. The number of hydrogen-bond acceptors (Lipinski definition) is 11. The van der Waals surface area contributed by atoms with Gasteiger partial charge in [-0.3, -0.25) is 18.7 Å². The molecule has 2 amide bonds. The van der Waals surface area contributed by atoms with E-state index in [1.807, 2.05) is 0 Å². The first-order valence-corrected chi connectivity index (χ1v) is 15.2. The quantitative estimate of drug-likeness (QED) is 0.132. The summed E-state index contributed by atoms with van der Waals surface area (Å²) in [5, 5.41) is 39.9. The summed E-state index contributed by atoms with van der Waals surface area (Å²) in [6.45, 7) is 0. The number of pyridine rings is 1. The van der Waals surface area contributed by atoms with Crippen molar-refractivity contribution in [2.45, 2.75) is 19.3 Å². The number of hydrogen-bond donors (Lipinski definition) is 4. The molecule has 5 heterocycles. The molecular formula is C32H23ClFN11O6. The van der Waals surface area contributed by atoms with Crippen molar-refractivity contribution in [3.05, 3.63) is 125 Å². The molecule has 0 bridgehead atoms. The van der Waals surface area contributed by atoms with Crippen LogP contribution in [0, 0.1) is 5.82 Å². The zero-order valence-corrected chi connectivity index (χ0v) is 26.7. The number of carboxylic acid groups (broad SMARTS) is 2. The van der Waals surface area contributed by atoms with Gasteiger partial charge in [0.25, 0.3) is 11.8 Å². The molecule has 17 nitrogen and oxygen atoms in total. The van der Waals surface area contributed by atoms with Gasteiger partial charge in [0.15, 0.2) is 28.7 Å². The number of carbonyl (C=O) groups excluding carboxylic acids is 2. The van der Waals surface area contributed by atoms with Gasteiger partial charge >= 0.3 is 11.9 Å². The maximum atomic E-state index is 15.1. The number of carbonyl (C=O) groups is 4. The molecule has 1 aromatic carbocycles. The third kappa shape index (κ3) is 7.70. The molecule has 0 atom stereocenters. The molecule has 6 aromatic rings. The van der Waals surface area contributed by atoms with Crippen molar-refractivity contribution in [2.24, 2.45) is 0 Å². The van der Waals surface area contributed by atoms with Crippen LogP contribution in [0.3, 0.4) is 0 Å². The van der Waals surface area contributed by atoms with Crippen LogP contribution >= 0.6 is 11.6 Å². The second kappa shape index (κ2) is 14.7. The lowest BCUT2D eigenvalue weighted by Crippen LogP contribution is -2.18. The third-order valence-corrected chi connectivity index (χ3v) is 7.69. The molecule has 0 aliphatic heterocycles. The summed E-state index contributed by atoms with van der Waals surface area (Å²) in [4.78, 5) is 61.5. The van der Waals surface area contributed by atoms with E-state index in [9.17, 15) is 29.4 Å². The molecule has 0 saturated carbocycles. The topological polar surface area (TPSA) is 233 Å². The van der Waals surface area contributed by atoms with Gasteiger partial charge in [0.2, 0.25) is 0 Å². The van der Waals surface area contributed by atoms with Crippen molar-refractivity contribution in [1.29, 1.82) is 0 Å². The molecule has 256 valence electrons. The van der Waals surface area contributed by atoms with Crippen LogP contribution < -0.4 is 10.6 Å². The lowest BCUT2D eigenvalue weighted by atomic mass is 10.0. The van der Waals surface area contributed by atoms with Gasteiger partial charge in [0.05, 0.1) is 16.9 Å². The maximum absolute atomic E-state index is 15.1. The SMILES string of the molecule is O=C(Nc1cc(CCCc2cc(NC(=O)c3ccc(-n4ccnc4)nn3)c(C(=O)O)nc2Cl)c(F)cc1C(=O)O)c1ccc(-n2ccnc2)nn1. The summed E-state index contributed by atoms with van der Waals surface area (Å²) in [7, 11) is 0. The lowest BCUT2D eigenvalue weighted by molar-refractivity contribution is 0.0683. The number of aryl methyl sites for hydroxylation is 2. The Morgan fingerprint density at radius 3 is 1.76 bits per heavy atom. The second-order valence-electron chi connectivity index (χ2n) is 10.7. The van der Waals surface area contributed by atoms with Crippen molar-refractivity contribution < 1.29 is 33.8 Å². The van der Waals surface area contributed by atoms with Gasteiger partial charge < -0.3 is 20.8 Å². The van der Waals surface area contributed by atoms with E-state index in [1.54, 1.807) is 33.9 Å². The number of aromatic carboxylic acids is 2. The Hall–Kier alpha value is -6.95. The van der Waals surface area contributed by atoms with E-state index >= 15 is 4.39 Å². The smallest absolute Gasteiger partial charge is 0.356 e. The van der Waals surface area contributed by atoms with Gasteiger partial charge in [-0.2, -0.15) is 0 Å². The van der Waals surface area contributed by atoms with Crippen molar-refractivity contribution in [2.75, 3.05) is 10.6 Å². The maximum Gasteiger partial charge on any atom is 0.356 e. The number of benzene rings is 1. The van der Waals surface area contributed by atoms with Crippen LogP contribution in [0.1, 0.15) is 59.4 Å². The minimum atomic E-state index is -1.47. The fourth-order valence-corrected chi connectivity index (χ4v) is 5.09. The van der Waals surface area contributed by atoms with Crippen LogP contribution in [0.5, 0.6) is 0 Å². The molecule has 0 saturated heterocycles. The van der Waals surface area contributed by atoms with E-state index in [-0.39, 0.29) is 52.7 Å². The Labute approximate surface area is 290 Å². The molecule has 51 heavy (non-hydrogen) atoms. The third-order valence-electron chi connectivity index (χ3n) is 7.36. The largest absolute Gasteiger partial charge is 0.478 e. The first-order chi connectivity index (χ1) is 24.6. The van der Waals surface area contributed by atoms with E-state index in [2.05, 4.69) is 46.0 Å². The second-order valence-corrected chi connectivity index (χ2v) is 11.0. The molecule has 4 N–H and O–H groups in total. The average molecular weight is 712 g/mol. The van der Waals surface area contributed by atoms with Crippen LogP contribution in [0.4, 0.5) is 15.8 Å². The zero-order valence-electron chi connectivity index (χ0n) is 25.9. The summed E-state index contributed by atoms with van der Waals surface area (Å²) in [5.41, 5.74) is -1.12. The highest BCUT2D eigenvalue weighted by Crippen LogP contribution is 2.27. The number of imidazole rings is 2. The number of rotatable bonds is 12. The van der Waals surface area contributed by atoms with Gasteiger partial charge in [0.1, 0.15) is 23.6 Å². The van der Waals surface area contributed by atoms with Gasteiger partial charge in [-0.1, -0.05) is 11.6 Å². The number of amides is 2. The molecule has 0 spiro atoms. The minimum absolute atomic E-state index is 0.0472. The van der Waals surface area contributed by atoms with E-state index in [4.69, 9.17) is 11.6 Å². The first-order valence-electron chi connectivity index (χ1n) is 14.8. The van der Waals surface area contributed by atoms with Crippen LogP contribution in [-0.2, 0) is 12.8 Å². The molecule has 6 rings (SSSR count). The summed E-state index contributed by atoms with van der Waals surface area (Å²) < 4.78 is 18.2. The van der Waals surface area contributed by atoms with Crippen molar-refractivity contribution in [1.82, 2.24) is 44.5 Å². The lowest BCUT2D eigenvalue weighted by Gasteiger charge is -2.13. The molecule has 0 unspecified atom stereocenters. The minimum Gasteiger partial charge on any atom is -0.478 e. The van der Waals surface area contributed by atoms with E-state index < -0.39 is 40.8 Å². The molecule has 19 heteroatoms. The zero-order chi connectivity index (χ0) is 36.1. The van der Waals surface area contributed by atoms with Gasteiger partial charge in [-0.15, -0.1) is 20.4 Å². The standard InChI is InChI=1S/C32H23ClFN11O6/c33-28-18(13-24(27(39-28)32(50)51)38-30(47)22-5-7-26(43-41-22)45-11-9-36-16-45)3-1-2-17-12-23(19(31(48)49)14-20(17)34)37-29(46)21-4-6-25(42-40-21)44-10-8-35-15-44/h4-16H,1-3H2,(H,37,46)(H,38,47)(H,48,49)(H,50,51). The molecule has 0 aliphatic rings. The fourth-order valence-electron chi connectivity index (χ4n) is 4.86. The van der Waals surface area contributed by atoms with Gasteiger partial charge in [0, 0.05) is 24.8 Å². The summed E-state index contributed by atoms with van der Waals surface area (Å²) in [5.74, 6) is -4.47. The predicted octanol–water partition coefficient (Wildman–Crippen LogP) is 3.90. The number of nitrogens with one attached hydrogen (secondary N) is 2. The highest BCUT2D eigenvalue weighted by molar-refractivity contribution is 6.30. The molecule has 0 fully saturated rings. The predicted molar refractivity (Wildman–Crippen MR) is 176 cm³/mol. The van der Waals surface area contributed by atoms with Crippen LogP contribution in [0.25, 0.3) is 11.6 Å². The number of carboxylic acids is 2. The summed E-state index contributed by atoms with van der Waals surface area (Å²) in [6, 6.07) is 9.19. The van der Waals surface area contributed by atoms with E-state index in [0.29, 0.717) is 17.2 Å². The van der Waals surface area contributed by atoms with E-state index in [0.717, 1.165) is 6.07 Å². The molecule has 5 aromatic heterocycles. The molecule has 0 radical (unpaired) electrons. The van der Waals surface area contributed by atoms with Crippen LogP contribution in [-0.4, -0.2) is 78.4 Å². The number of nitrogens with zero attached hydrogens (tertiary/aromatic N) is 9. The Balaban J connectivity index is 1.16. The van der Waals surface area contributed by atoms with Crippen molar-refractivity contribution >= 4 is 46.7 Å². The monoisotopic (exact) mass is 711 g/mol. The fraction of sp³-hybridized carbons (Fsp3) is 0.0938. The molecular weight excluding hydrogens is 689 g/mol. The summed E-state index contributed by atoms with van der Waals surface area (Å²) in [6.07, 6.45) is 9.78. The van der Waals surface area contributed by atoms with Crippen LogP contribution in [0.2, 0.25) is 5.15 Å². The highest BCUT2D eigenvalue weighted by Gasteiger charge is 2.21. The van der Waals surface area contributed by atoms with Gasteiger partial charge in [-0.25, -0.2) is 28.9 Å². The Morgan fingerprint density at radius 1 is 0.725 bits per heavy atom. The first kappa shape index (κ1) is 33.9. The van der Waals surface area contributed by atoms with Crippen LogP contribution in [0.15, 0.2) is 79.9 Å². The average Bonchev–Trinajstić information content (AvgIpc) is 3.86. The Morgan fingerprint density at radius 2 is 1.27 bits per heavy atom. The van der Waals surface area contributed by atoms with Crippen molar-refractivity contribution in [3.8, 4) is 11.6 Å². The van der Waals surface area contributed by atoms with Crippen molar-refractivity contribution in [3.63, 3.8) is 0 Å². The summed E-state index contributed by atoms with van der Waals surface area (Å²) >= 11 is 6.29. The Bertz CT molecular complexity index is 2090. The van der Waals surface area contributed by atoms with E-state index in [1.165, 1.54) is 49.1 Å².